The Morgan fingerprint density at radius 2 is 1.71 bits per heavy atom. The van der Waals surface area contributed by atoms with Gasteiger partial charge < -0.3 is 10.6 Å². The van der Waals surface area contributed by atoms with Crippen molar-refractivity contribution in [2.75, 3.05) is 11.9 Å². The molecule has 2 N–H and O–H groups in total. The highest BCUT2D eigenvalue weighted by molar-refractivity contribution is 5.42. The standard InChI is InChI=1S/C12H20N2/c1-10(2)14-11(3)9-13-12-7-5-4-6-8-12/h4-8,10-11,13-14H,9H2,1-3H3. The van der Waals surface area contributed by atoms with Gasteiger partial charge in [0, 0.05) is 24.3 Å². The van der Waals surface area contributed by atoms with E-state index in [9.17, 15) is 0 Å². The van der Waals surface area contributed by atoms with Crippen molar-refractivity contribution in [2.45, 2.75) is 32.9 Å². The molecular weight excluding hydrogens is 172 g/mol. The van der Waals surface area contributed by atoms with E-state index in [2.05, 4.69) is 43.5 Å². The van der Waals surface area contributed by atoms with Gasteiger partial charge in [-0.15, -0.1) is 0 Å². The highest BCUT2D eigenvalue weighted by Crippen LogP contribution is 2.04. The summed E-state index contributed by atoms with van der Waals surface area (Å²) in [5, 5.41) is 6.84. The zero-order valence-electron chi connectivity index (χ0n) is 9.25. The minimum atomic E-state index is 0.496. The van der Waals surface area contributed by atoms with Gasteiger partial charge in [0.05, 0.1) is 0 Å². The first kappa shape index (κ1) is 11.1. The molecule has 0 aromatic heterocycles. The molecule has 0 amide bonds. The largest absolute Gasteiger partial charge is 0.383 e. The molecular formula is C12H20N2. The van der Waals surface area contributed by atoms with Crippen LogP contribution in [-0.4, -0.2) is 18.6 Å². The second-order valence-electron chi connectivity index (χ2n) is 3.97. The molecule has 78 valence electrons. The van der Waals surface area contributed by atoms with Crippen LogP contribution in [0.3, 0.4) is 0 Å². The number of nitrogens with one attached hydrogen (secondary N) is 2. The van der Waals surface area contributed by atoms with Crippen molar-refractivity contribution < 1.29 is 0 Å². The summed E-state index contributed by atoms with van der Waals surface area (Å²) in [5.74, 6) is 0. The van der Waals surface area contributed by atoms with Crippen LogP contribution in [0.25, 0.3) is 0 Å². The normalized spacial score (nSPS) is 12.9. The lowest BCUT2D eigenvalue weighted by molar-refractivity contribution is 0.504. The first-order chi connectivity index (χ1) is 6.68. The van der Waals surface area contributed by atoms with Crippen LogP contribution in [0.15, 0.2) is 30.3 Å². The zero-order valence-corrected chi connectivity index (χ0v) is 9.25. The Morgan fingerprint density at radius 3 is 2.29 bits per heavy atom. The monoisotopic (exact) mass is 192 g/mol. The lowest BCUT2D eigenvalue weighted by Crippen LogP contribution is -2.37. The molecule has 1 aromatic carbocycles. The number of para-hydroxylation sites is 1. The van der Waals surface area contributed by atoms with Crippen LogP contribution < -0.4 is 10.6 Å². The van der Waals surface area contributed by atoms with Crippen molar-refractivity contribution in [2.24, 2.45) is 0 Å². The molecule has 2 nitrogen and oxygen atoms in total. The fourth-order valence-corrected chi connectivity index (χ4v) is 1.45. The first-order valence-corrected chi connectivity index (χ1v) is 5.23. The van der Waals surface area contributed by atoms with Crippen LogP contribution in [0.4, 0.5) is 5.69 Å². The molecule has 1 rings (SSSR count). The summed E-state index contributed by atoms with van der Waals surface area (Å²) in [6.07, 6.45) is 0. The van der Waals surface area contributed by atoms with Gasteiger partial charge in [0.15, 0.2) is 0 Å². The number of benzene rings is 1. The Hall–Kier alpha value is -1.02. The number of hydrogen-bond acceptors (Lipinski definition) is 2. The molecule has 14 heavy (non-hydrogen) atoms. The highest BCUT2D eigenvalue weighted by Gasteiger charge is 2.02. The van der Waals surface area contributed by atoms with E-state index in [0.717, 1.165) is 6.54 Å². The van der Waals surface area contributed by atoms with Crippen LogP contribution in [0.1, 0.15) is 20.8 Å². The van der Waals surface area contributed by atoms with E-state index < -0.39 is 0 Å². The number of anilines is 1. The van der Waals surface area contributed by atoms with Gasteiger partial charge in [-0.3, -0.25) is 0 Å². The van der Waals surface area contributed by atoms with E-state index in [1.165, 1.54) is 5.69 Å². The summed E-state index contributed by atoms with van der Waals surface area (Å²) >= 11 is 0. The van der Waals surface area contributed by atoms with E-state index in [4.69, 9.17) is 0 Å². The van der Waals surface area contributed by atoms with Crippen molar-refractivity contribution in [1.82, 2.24) is 5.32 Å². The van der Waals surface area contributed by atoms with Gasteiger partial charge >= 0.3 is 0 Å². The molecule has 0 bridgehead atoms. The quantitative estimate of drug-likeness (QED) is 0.749. The molecule has 0 aliphatic carbocycles. The fourth-order valence-electron chi connectivity index (χ4n) is 1.45. The Balaban J connectivity index is 2.27. The molecule has 1 atom stereocenters. The second kappa shape index (κ2) is 5.66. The molecule has 0 fully saturated rings. The minimum absolute atomic E-state index is 0.496. The lowest BCUT2D eigenvalue weighted by atomic mass is 10.2. The lowest BCUT2D eigenvalue weighted by Gasteiger charge is -2.17. The van der Waals surface area contributed by atoms with Gasteiger partial charge in [0.2, 0.25) is 0 Å². The molecule has 0 heterocycles. The van der Waals surface area contributed by atoms with Crippen LogP contribution in [-0.2, 0) is 0 Å². The third kappa shape index (κ3) is 4.28. The van der Waals surface area contributed by atoms with Crippen molar-refractivity contribution in [3.05, 3.63) is 30.3 Å². The molecule has 0 aliphatic heterocycles. The van der Waals surface area contributed by atoms with Gasteiger partial charge in [0.25, 0.3) is 0 Å². The average molecular weight is 192 g/mol. The molecule has 1 unspecified atom stereocenters. The van der Waals surface area contributed by atoms with Gasteiger partial charge in [0.1, 0.15) is 0 Å². The summed E-state index contributed by atoms with van der Waals surface area (Å²) in [6.45, 7) is 7.48. The summed E-state index contributed by atoms with van der Waals surface area (Å²) in [7, 11) is 0. The van der Waals surface area contributed by atoms with Crippen LogP contribution in [0.2, 0.25) is 0 Å². The van der Waals surface area contributed by atoms with E-state index in [1.54, 1.807) is 0 Å². The Labute approximate surface area is 86.7 Å². The van der Waals surface area contributed by atoms with Crippen molar-refractivity contribution in [3.63, 3.8) is 0 Å². The predicted molar refractivity (Wildman–Crippen MR) is 62.7 cm³/mol. The van der Waals surface area contributed by atoms with Crippen molar-refractivity contribution in [1.29, 1.82) is 0 Å². The molecule has 0 spiro atoms. The van der Waals surface area contributed by atoms with Crippen LogP contribution in [0.5, 0.6) is 0 Å². The third-order valence-corrected chi connectivity index (χ3v) is 2.00. The van der Waals surface area contributed by atoms with E-state index in [-0.39, 0.29) is 0 Å². The third-order valence-electron chi connectivity index (χ3n) is 2.00. The summed E-state index contributed by atoms with van der Waals surface area (Å²) in [4.78, 5) is 0. The minimum Gasteiger partial charge on any atom is -0.383 e. The van der Waals surface area contributed by atoms with E-state index >= 15 is 0 Å². The van der Waals surface area contributed by atoms with E-state index in [1.807, 2.05) is 18.2 Å². The topological polar surface area (TPSA) is 24.1 Å². The van der Waals surface area contributed by atoms with E-state index in [0.29, 0.717) is 12.1 Å². The smallest absolute Gasteiger partial charge is 0.0340 e. The summed E-state index contributed by atoms with van der Waals surface area (Å²) in [5.41, 5.74) is 1.19. The molecule has 0 aliphatic rings. The number of hydrogen-bond donors (Lipinski definition) is 2. The van der Waals surface area contributed by atoms with Crippen molar-refractivity contribution >= 4 is 5.69 Å². The first-order valence-electron chi connectivity index (χ1n) is 5.23. The second-order valence-corrected chi connectivity index (χ2v) is 3.97. The zero-order chi connectivity index (χ0) is 10.4. The summed E-state index contributed by atoms with van der Waals surface area (Å²) < 4.78 is 0. The summed E-state index contributed by atoms with van der Waals surface area (Å²) in [6, 6.07) is 11.3. The number of rotatable bonds is 5. The maximum atomic E-state index is 3.45. The van der Waals surface area contributed by atoms with Gasteiger partial charge in [-0.1, -0.05) is 32.0 Å². The van der Waals surface area contributed by atoms with Gasteiger partial charge in [-0.05, 0) is 19.1 Å². The molecule has 2 heteroatoms. The highest BCUT2D eigenvalue weighted by atomic mass is 15.0. The SMILES string of the molecule is CC(C)NC(C)CNc1ccccc1. The van der Waals surface area contributed by atoms with Crippen LogP contribution in [0, 0.1) is 0 Å². The maximum Gasteiger partial charge on any atom is 0.0340 e. The van der Waals surface area contributed by atoms with Crippen LogP contribution >= 0.6 is 0 Å². The maximum absolute atomic E-state index is 3.45. The van der Waals surface area contributed by atoms with Gasteiger partial charge in [-0.25, -0.2) is 0 Å². The predicted octanol–water partition coefficient (Wildman–Crippen LogP) is 2.49. The Bertz CT molecular complexity index is 244. The average Bonchev–Trinajstić information content (AvgIpc) is 2.15. The van der Waals surface area contributed by atoms with Gasteiger partial charge in [-0.2, -0.15) is 0 Å². The van der Waals surface area contributed by atoms with Crippen molar-refractivity contribution in [3.8, 4) is 0 Å². The molecule has 0 saturated carbocycles. The molecule has 0 radical (unpaired) electrons. The Kier molecular flexibility index (Phi) is 4.47. The fraction of sp³-hybridized carbons (Fsp3) is 0.500. The molecule has 1 aromatic rings. The Morgan fingerprint density at radius 1 is 1.07 bits per heavy atom. The molecule has 0 saturated heterocycles.